The number of rotatable bonds is 4. The SMILES string of the molecule is CC1(CNCc2cc(Br)cs2)CCCCC1. The highest BCUT2D eigenvalue weighted by molar-refractivity contribution is 9.10. The van der Waals surface area contributed by atoms with Gasteiger partial charge in [0.25, 0.3) is 0 Å². The Labute approximate surface area is 111 Å². The Morgan fingerprint density at radius 1 is 1.38 bits per heavy atom. The van der Waals surface area contributed by atoms with Crippen molar-refractivity contribution in [2.75, 3.05) is 6.54 Å². The first-order chi connectivity index (χ1) is 7.68. The Hall–Kier alpha value is 0.140. The predicted octanol–water partition coefficient (Wildman–Crippen LogP) is 4.57. The summed E-state index contributed by atoms with van der Waals surface area (Å²) in [6.07, 6.45) is 7.07. The molecule has 1 nitrogen and oxygen atoms in total. The average molecular weight is 302 g/mol. The maximum Gasteiger partial charge on any atom is 0.0300 e. The van der Waals surface area contributed by atoms with Crippen LogP contribution in [0.25, 0.3) is 0 Å². The molecule has 1 aliphatic carbocycles. The van der Waals surface area contributed by atoms with Gasteiger partial charge in [0.15, 0.2) is 0 Å². The minimum atomic E-state index is 0.548. The standard InChI is InChI=1S/C13H20BrNS/c1-13(5-3-2-4-6-13)10-15-8-12-7-11(14)9-16-12/h7,9,15H,2-6,8,10H2,1H3. The van der Waals surface area contributed by atoms with E-state index in [-0.39, 0.29) is 0 Å². The molecule has 1 saturated carbocycles. The zero-order valence-corrected chi connectivity index (χ0v) is 12.3. The Kier molecular flexibility index (Phi) is 4.45. The highest BCUT2D eigenvalue weighted by Crippen LogP contribution is 2.35. The van der Waals surface area contributed by atoms with E-state index >= 15 is 0 Å². The van der Waals surface area contributed by atoms with Crippen molar-refractivity contribution < 1.29 is 0 Å². The molecule has 0 atom stereocenters. The van der Waals surface area contributed by atoms with Gasteiger partial charge in [0, 0.05) is 27.8 Å². The molecule has 0 spiro atoms. The minimum Gasteiger partial charge on any atom is -0.311 e. The summed E-state index contributed by atoms with van der Waals surface area (Å²) >= 11 is 5.32. The normalized spacial score (nSPS) is 19.9. The van der Waals surface area contributed by atoms with Crippen LogP contribution in [0.2, 0.25) is 0 Å². The summed E-state index contributed by atoms with van der Waals surface area (Å²) in [7, 11) is 0. The van der Waals surface area contributed by atoms with Gasteiger partial charge < -0.3 is 5.32 Å². The fraction of sp³-hybridized carbons (Fsp3) is 0.692. The van der Waals surface area contributed by atoms with Gasteiger partial charge in [0.1, 0.15) is 0 Å². The summed E-state index contributed by atoms with van der Waals surface area (Å²) in [5.41, 5.74) is 0.548. The largest absolute Gasteiger partial charge is 0.311 e. The number of thiophene rings is 1. The van der Waals surface area contributed by atoms with Crippen molar-refractivity contribution in [2.45, 2.75) is 45.6 Å². The van der Waals surface area contributed by atoms with Crippen LogP contribution in [0, 0.1) is 5.41 Å². The first-order valence-electron chi connectivity index (χ1n) is 6.12. The second-order valence-electron chi connectivity index (χ2n) is 5.21. The van der Waals surface area contributed by atoms with Crippen molar-refractivity contribution in [3.8, 4) is 0 Å². The van der Waals surface area contributed by atoms with Gasteiger partial charge in [-0.15, -0.1) is 11.3 Å². The van der Waals surface area contributed by atoms with Crippen LogP contribution < -0.4 is 5.32 Å². The van der Waals surface area contributed by atoms with Crippen LogP contribution in [0.15, 0.2) is 15.9 Å². The van der Waals surface area contributed by atoms with Crippen molar-refractivity contribution in [2.24, 2.45) is 5.41 Å². The van der Waals surface area contributed by atoms with Crippen LogP contribution in [0.4, 0.5) is 0 Å². The molecule has 1 N–H and O–H groups in total. The third-order valence-electron chi connectivity index (χ3n) is 3.53. The van der Waals surface area contributed by atoms with E-state index in [2.05, 4.69) is 39.6 Å². The van der Waals surface area contributed by atoms with Crippen LogP contribution in [0.3, 0.4) is 0 Å². The van der Waals surface area contributed by atoms with Crippen molar-refractivity contribution in [3.05, 3.63) is 20.8 Å². The zero-order chi connectivity index (χ0) is 11.4. The molecule has 0 aliphatic heterocycles. The van der Waals surface area contributed by atoms with E-state index in [4.69, 9.17) is 0 Å². The van der Waals surface area contributed by atoms with Gasteiger partial charge in [0.05, 0.1) is 0 Å². The van der Waals surface area contributed by atoms with Crippen LogP contribution in [0.1, 0.15) is 43.9 Å². The highest BCUT2D eigenvalue weighted by atomic mass is 79.9. The van der Waals surface area contributed by atoms with Crippen LogP contribution >= 0.6 is 27.3 Å². The molecule has 2 rings (SSSR count). The molecular formula is C13H20BrNS. The van der Waals surface area contributed by atoms with E-state index < -0.39 is 0 Å². The van der Waals surface area contributed by atoms with Gasteiger partial charge in [-0.1, -0.05) is 26.2 Å². The van der Waals surface area contributed by atoms with Crippen LogP contribution in [-0.2, 0) is 6.54 Å². The summed E-state index contributed by atoms with van der Waals surface area (Å²) in [4.78, 5) is 1.42. The third-order valence-corrected chi connectivity index (χ3v) is 5.23. The van der Waals surface area contributed by atoms with Gasteiger partial charge >= 0.3 is 0 Å². The molecule has 0 saturated heterocycles. The minimum absolute atomic E-state index is 0.548. The lowest BCUT2D eigenvalue weighted by molar-refractivity contribution is 0.208. The lowest BCUT2D eigenvalue weighted by Crippen LogP contribution is -2.33. The van der Waals surface area contributed by atoms with Crippen molar-refractivity contribution >= 4 is 27.3 Å². The summed E-state index contributed by atoms with van der Waals surface area (Å²) < 4.78 is 1.21. The van der Waals surface area contributed by atoms with Crippen LogP contribution in [0.5, 0.6) is 0 Å². The first kappa shape index (κ1) is 12.6. The second-order valence-corrected chi connectivity index (χ2v) is 7.12. The Balaban J connectivity index is 1.74. The monoisotopic (exact) mass is 301 g/mol. The quantitative estimate of drug-likeness (QED) is 0.859. The molecule has 1 aromatic heterocycles. The fourth-order valence-corrected chi connectivity index (χ4v) is 3.94. The maximum absolute atomic E-state index is 3.61. The van der Waals surface area contributed by atoms with E-state index in [1.807, 2.05) is 11.3 Å². The summed E-state index contributed by atoms with van der Waals surface area (Å²) in [5.74, 6) is 0. The van der Waals surface area contributed by atoms with E-state index in [1.54, 1.807) is 0 Å². The number of halogens is 1. The van der Waals surface area contributed by atoms with E-state index in [9.17, 15) is 0 Å². The number of nitrogens with one attached hydrogen (secondary N) is 1. The Morgan fingerprint density at radius 3 is 2.75 bits per heavy atom. The zero-order valence-electron chi connectivity index (χ0n) is 9.89. The Morgan fingerprint density at radius 2 is 2.12 bits per heavy atom. The van der Waals surface area contributed by atoms with Gasteiger partial charge in [-0.25, -0.2) is 0 Å². The Bertz CT molecular complexity index is 328. The molecule has 0 bridgehead atoms. The molecule has 0 unspecified atom stereocenters. The van der Waals surface area contributed by atoms with Crippen molar-refractivity contribution in [1.29, 1.82) is 0 Å². The molecule has 0 aromatic carbocycles. The maximum atomic E-state index is 3.61. The summed E-state index contributed by atoms with van der Waals surface area (Å²) in [5, 5.41) is 5.77. The van der Waals surface area contributed by atoms with E-state index in [0.717, 1.165) is 6.54 Å². The van der Waals surface area contributed by atoms with Gasteiger partial charge in [-0.05, 0) is 40.3 Å². The number of hydrogen-bond acceptors (Lipinski definition) is 2. The molecular weight excluding hydrogens is 282 g/mol. The summed E-state index contributed by atoms with van der Waals surface area (Å²) in [6, 6.07) is 2.21. The van der Waals surface area contributed by atoms with Gasteiger partial charge in [-0.3, -0.25) is 0 Å². The van der Waals surface area contributed by atoms with Gasteiger partial charge in [0.2, 0.25) is 0 Å². The summed E-state index contributed by atoms with van der Waals surface area (Å²) in [6.45, 7) is 4.62. The smallest absolute Gasteiger partial charge is 0.0300 e. The number of hydrogen-bond donors (Lipinski definition) is 1. The van der Waals surface area contributed by atoms with Crippen molar-refractivity contribution in [3.63, 3.8) is 0 Å². The van der Waals surface area contributed by atoms with E-state index in [1.165, 1.54) is 48.0 Å². The van der Waals surface area contributed by atoms with Crippen LogP contribution in [-0.4, -0.2) is 6.54 Å². The lowest BCUT2D eigenvalue weighted by atomic mass is 9.76. The fourth-order valence-electron chi connectivity index (χ4n) is 2.52. The first-order valence-corrected chi connectivity index (χ1v) is 7.79. The predicted molar refractivity (Wildman–Crippen MR) is 74.9 cm³/mol. The molecule has 16 heavy (non-hydrogen) atoms. The second kappa shape index (κ2) is 5.65. The molecule has 1 heterocycles. The lowest BCUT2D eigenvalue weighted by Gasteiger charge is -2.33. The average Bonchev–Trinajstić information content (AvgIpc) is 2.65. The molecule has 3 heteroatoms. The van der Waals surface area contributed by atoms with E-state index in [0.29, 0.717) is 5.41 Å². The van der Waals surface area contributed by atoms with Crippen molar-refractivity contribution in [1.82, 2.24) is 5.32 Å². The molecule has 1 fully saturated rings. The molecule has 1 aliphatic rings. The topological polar surface area (TPSA) is 12.0 Å². The molecule has 1 aromatic rings. The third kappa shape index (κ3) is 3.57. The molecule has 90 valence electrons. The molecule has 0 radical (unpaired) electrons. The highest BCUT2D eigenvalue weighted by Gasteiger charge is 2.25. The van der Waals surface area contributed by atoms with Gasteiger partial charge in [-0.2, -0.15) is 0 Å². The molecule has 0 amide bonds.